The largest absolute Gasteiger partial charge is 0.481 e. The van der Waals surface area contributed by atoms with E-state index in [2.05, 4.69) is 0 Å². The number of carbonyl (C=O) groups is 2. The summed E-state index contributed by atoms with van der Waals surface area (Å²) in [5.74, 6) is -1.01. The second kappa shape index (κ2) is 4.87. The Morgan fingerprint density at radius 1 is 1.11 bits per heavy atom. The van der Waals surface area contributed by atoms with E-state index in [4.69, 9.17) is 5.11 Å². The van der Waals surface area contributed by atoms with Crippen LogP contribution in [0.4, 0.5) is 0 Å². The fourth-order valence-corrected chi connectivity index (χ4v) is 1.85. The molecule has 0 bridgehead atoms. The Morgan fingerprint density at radius 2 is 1.78 bits per heavy atom. The Morgan fingerprint density at radius 3 is 2.39 bits per heavy atom. The summed E-state index contributed by atoms with van der Waals surface area (Å²) in [5, 5.41) is 8.76. The summed E-state index contributed by atoms with van der Waals surface area (Å²) in [6.45, 7) is 0. The number of hydrogen-bond acceptors (Lipinski definition) is 2. The van der Waals surface area contributed by atoms with Crippen LogP contribution in [0.25, 0.3) is 0 Å². The van der Waals surface area contributed by atoms with E-state index in [-0.39, 0.29) is 12.2 Å². The molecule has 0 saturated heterocycles. The number of carboxylic acid groups (broad SMARTS) is 1. The van der Waals surface area contributed by atoms with Gasteiger partial charge in [-0.05, 0) is 12.1 Å². The van der Waals surface area contributed by atoms with Gasteiger partial charge in [-0.1, -0.05) is 30.3 Å². The standard InChI is InChI=1S/C14H13NO3/c1-15-11(9-13(16)17)7-8-12(15)14(18)10-5-3-2-4-6-10/h2-8H,9H2,1H3,(H,16,17). The third-order valence-electron chi connectivity index (χ3n) is 2.83. The maximum Gasteiger partial charge on any atom is 0.309 e. The average molecular weight is 243 g/mol. The molecule has 0 atom stereocenters. The van der Waals surface area contributed by atoms with Gasteiger partial charge in [-0.3, -0.25) is 9.59 Å². The number of carbonyl (C=O) groups excluding carboxylic acids is 1. The predicted molar refractivity (Wildman–Crippen MR) is 66.6 cm³/mol. The first kappa shape index (κ1) is 12.1. The molecule has 92 valence electrons. The highest BCUT2D eigenvalue weighted by Gasteiger charge is 2.15. The molecular weight excluding hydrogens is 230 g/mol. The Balaban J connectivity index is 2.32. The first-order chi connectivity index (χ1) is 8.59. The summed E-state index contributed by atoms with van der Waals surface area (Å²) < 4.78 is 1.63. The molecule has 2 rings (SSSR count). The van der Waals surface area contributed by atoms with Crippen molar-refractivity contribution < 1.29 is 14.7 Å². The minimum Gasteiger partial charge on any atom is -0.481 e. The maximum absolute atomic E-state index is 12.2. The first-order valence-corrected chi connectivity index (χ1v) is 5.55. The van der Waals surface area contributed by atoms with Gasteiger partial charge in [0.05, 0.1) is 12.1 Å². The molecule has 0 unspecified atom stereocenters. The summed E-state index contributed by atoms with van der Waals surface area (Å²) in [4.78, 5) is 22.9. The highest BCUT2D eigenvalue weighted by Crippen LogP contribution is 2.13. The lowest BCUT2D eigenvalue weighted by Gasteiger charge is -2.05. The molecule has 0 amide bonds. The molecule has 1 heterocycles. The summed E-state index contributed by atoms with van der Waals surface area (Å²) in [7, 11) is 1.70. The number of carboxylic acids is 1. The van der Waals surface area contributed by atoms with Gasteiger partial charge in [-0.25, -0.2) is 0 Å². The lowest BCUT2D eigenvalue weighted by Crippen LogP contribution is -2.11. The van der Waals surface area contributed by atoms with E-state index in [0.29, 0.717) is 17.0 Å². The van der Waals surface area contributed by atoms with Gasteiger partial charge in [0.1, 0.15) is 0 Å². The molecule has 0 saturated carbocycles. The van der Waals surface area contributed by atoms with E-state index in [0.717, 1.165) is 0 Å². The number of aliphatic carboxylic acids is 1. The fraction of sp³-hybridized carbons (Fsp3) is 0.143. The molecule has 18 heavy (non-hydrogen) atoms. The predicted octanol–water partition coefficient (Wildman–Crippen LogP) is 1.88. The Hall–Kier alpha value is -2.36. The normalized spacial score (nSPS) is 10.3. The van der Waals surface area contributed by atoms with Crippen molar-refractivity contribution in [3.05, 3.63) is 59.4 Å². The SMILES string of the molecule is Cn1c(CC(=O)O)ccc1C(=O)c1ccccc1. The molecule has 1 aromatic carbocycles. The van der Waals surface area contributed by atoms with Gasteiger partial charge in [0, 0.05) is 18.3 Å². The van der Waals surface area contributed by atoms with Crippen LogP contribution < -0.4 is 0 Å². The van der Waals surface area contributed by atoms with E-state index < -0.39 is 5.97 Å². The third-order valence-corrected chi connectivity index (χ3v) is 2.83. The number of hydrogen-bond donors (Lipinski definition) is 1. The summed E-state index contributed by atoms with van der Waals surface area (Å²) in [6, 6.07) is 12.3. The molecule has 4 heteroatoms. The molecular formula is C14H13NO3. The van der Waals surface area contributed by atoms with Crippen LogP contribution in [0.15, 0.2) is 42.5 Å². The minimum atomic E-state index is -0.907. The monoisotopic (exact) mass is 243 g/mol. The third kappa shape index (κ3) is 2.32. The van der Waals surface area contributed by atoms with E-state index in [1.54, 1.807) is 48.0 Å². The molecule has 0 aliphatic rings. The van der Waals surface area contributed by atoms with Gasteiger partial charge in [0.2, 0.25) is 5.78 Å². The molecule has 1 aromatic heterocycles. The molecule has 4 nitrogen and oxygen atoms in total. The van der Waals surface area contributed by atoms with Crippen molar-refractivity contribution in [3.8, 4) is 0 Å². The van der Waals surface area contributed by atoms with Crippen molar-refractivity contribution >= 4 is 11.8 Å². The average Bonchev–Trinajstić information content (AvgIpc) is 2.71. The smallest absolute Gasteiger partial charge is 0.309 e. The first-order valence-electron chi connectivity index (χ1n) is 5.55. The van der Waals surface area contributed by atoms with Crippen LogP contribution in [0.3, 0.4) is 0 Å². The zero-order chi connectivity index (χ0) is 13.1. The molecule has 0 fully saturated rings. The van der Waals surface area contributed by atoms with Crippen LogP contribution in [0.2, 0.25) is 0 Å². The van der Waals surface area contributed by atoms with Crippen molar-refractivity contribution in [2.75, 3.05) is 0 Å². The molecule has 2 aromatic rings. The van der Waals surface area contributed by atoms with Gasteiger partial charge in [0.15, 0.2) is 0 Å². The Kier molecular flexibility index (Phi) is 3.28. The topological polar surface area (TPSA) is 59.3 Å². The van der Waals surface area contributed by atoms with Crippen molar-refractivity contribution in [3.63, 3.8) is 0 Å². The van der Waals surface area contributed by atoms with Crippen LogP contribution in [-0.2, 0) is 18.3 Å². The van der Waals surface area contributed by atoms with Crippen LogP contribution in [0, 0.1) is 0 Å². The van der Waals surface area contributed by atoms with Crippen molar-refractivity contribution in [2.45, 2.75) is 6.42 Å². The van der Waals surface area contributed by atoms with Crippen molar-refractivity contribution in [2.24, 2.45) is 7.05 Å². The zero-order valence-electron chi connectivity index (χ0n) is 9.96. The van der Waals surface area contributed by atoms with Gasteiger partial charge in [-0.2, -0.15) is 0 Å². The number of aromatic nitrogens is 1. The van der Waals surface area contributed by atoms with Crippen LogP contribution >= 0.6 is 0 Å². The second-order valence-electron chi connectivity index (χ2n) is 4.03. The van der Waals surface area contributed by atoms with Crippen molar-refractivity contribution in [1.29, 1.82) is 0 Å². The summed E-state index contributed by atoms with van der Waals surface area (Å²) in [5.41, 5.74) is 1.71. The lowest BCUT2D eigenvalue weighted by molar-refractivity contribution is -0.136. The van der Waals surface area contributed by atoms with Gasteiger partial charge < -0.3 is 9.67 Å². The molecule has 0 aliphatic carbocycles. The highest BCUT2D eigenvalue weighted by molar-refractivity contribution is 6.08. The summed E-state index contributed by atoms with van der Waals surface area (Å²) >= 11 is 0. The lowest BCUT2D eigenvalue weighted by atomic mass is 10.1. The maximum atomic E-state index is 12.2. The van der Waals surface area contributed by atoms with E-state index in [1.165, 1.54) is 0 Å². The number of benzene rings is 1. The number of rotatable bonds is 4. The minimum absolute atomic E-state index is 0.0848. The van der Waals surface area contributed by atoms with Crippen LogP contribution in [-0.4, -0.2) is 21.4 Å². The second-order valence-corrected chi connectivity index (χ2v) is 4.03. The van der Waals surface area contributed by atoms with E-state index in [1.807, 2.05) is 6.07 Å². The van der Waals surface area contributed by atoms with Crippen molar-refractivity contribution in [1.82, 2.24) is 4.57 Å². The fourth-order valence-electron chi connectivity index (χ4n) is 1.85. The van der Waals surface area contributed by atoms with Gasteiger partial charge in [-0.15, -0.1) is 0 Å². The zero-order valence-corrected chi connectivity index (χ0v) is 9.96. The molecule has 0 spiro atoms. The van der Waals surface area contributed by atoms with Crippen LogP contribution in [0.1, 0.15) is 21.7 Å². The summed E-state index contributed by atoms with van der Waals surface area (Å²) in [6.07, 6.45) is -0.0848. The molecule has 1 N–H and O–H groups in total. The molecule has 0 aliphatic heterocycles. The number of ketones is 1. The molecule has 0 radical (unpaired) electrons. The quantitative estimate of drug-likeness (QED) is 0.834. The Bertz CT molecular complexity index is 584. The van der Waals surface area contributed by atoms with Gasteiger partial charge in [0.25, 0.3) is 0 Å². The Labute approximate surface area is 104 Å². The van der Waals surface area contributed by atoms with E-state index >= 15 is 0 Å². The van der Waals surface area contributed by atoms with Gasteiger partial charge >= 0.3 is 5.97 Å². The van der Waals surface area contributed by atoms with E-state index in [9.17, 15) is 9.59 Å². The highest BCUT2D eigenvalue weighted by atomic mass is 16.4. The van der Waals surface area contributed by atoms with Crippen LogP contribution in [0.5, 0.6) is 0 Å². The number of nitrogens with zero attached hydrogens (tertiary/aromatic N) is 1.